The highest BCUT2D eigenvalue weighted by Crippen LogP contribution is 1.95. The Morgan fingerprint density at radius 2 is 1.71 bits per heavy atom. The highest BCUT2D eigenvalue weighted by Gasteiger charge is 1.72. The first-order valence-electron chi connectivity index (χ1n) is 2.20. The highest BCUT2D eigenvalue weighted by atomic mass is 14.5. The Balaban J connectivity index is 0. The molecule has 40 valence electrons. The van der Waals surface area contributed by atoms with Gasteiger partial charge < -0.3 is 5.73 Å². The van der Waals surface area contributed by atoms with E-state index in [2.05, 4.69) is 0 Å². The molecule has 0 bridgehead atoms. The topological polar surface area (TPSA) is 26.0 Å². The van der Waals surface area contributed by atoms with Crippen molar-refractivity contribution >= 4 is 5.69 Å². The molecule has 0 aliphatic carbocycles. The van der Waals surface area contributed by atoms with Crippen molar-refractivity contribution in [2.75, 3.05) is 5.73 Å². The predicted molar refractivity (Wildman–Crippen MR) is 35.1 cm³/mol. The molecule has 0 unspecified atom stereocenters. The molecule has 0 radical (unpaired) electrons. The molecule has 0 amide bonds. The minimum Gasteiger partial charge on any atom is -0.399 e. The summed E-state index contributed by atoms with van der Waals surface area (Å²) >= 11 is 0. The zero-order valence-corrected chi connectivity index (χ0v) is 3.96. The summed E-state index contributed by atoms with van der Waals surface area (Å²) in [5.41, 5.74) is 6.18. The number of hydrogen-bond acceptors (Lipinski definition) is 1. The van der Waals surface area contributed by atoms with Crippen LogP contribution in [-0.4, -0.2) is 0 Å². The van der Waals surface area contributed by atoms with Crippen LogP contribution in [0.15, 0.2) is 30.3 Å². The quantitative estimate of drug-likeness (QED) is 0.490. The average molecular weight is 97.2 g/mol. The summed E-state index contributed by atoms with van der Waals surface area (Å²) in [5, 5.41) is 0. The summed E-state index contributed by atoms with van der Waals surface area (Å²) < 4.78 is 0. The zero-order valence-electron chi connectivity index (χ0n) is 3.96. The van der Waals surface area contributed by atoms with Crippen molar-refractivity contribution in [2.24, 2.45) is 0 Å². The van der Waals surface area contributed by atoms with Gasteiger partial charge in [0, 0.05) is 8.54 Å². The molecule has 0 atom stereocenters. The van der Waals surface area contributed by atoms with Crippen molar-refractivity contribution in [1.29, 1.82) is 0 Å². The minimum absolute atomic E-state index is 0. The number of nitrogen functional groups attached to an aromatic ring is 1. The molecule has 0 spiro atoms. The van der Waals surface area contributed by atoms with Crippen LogP contribution in [0.3, 0.4) is 0 Å². The molecular weight excluding hydrogens is 86.1 g/mol. The van der Waals surface area contributed by atoms with Crippen molar-refractivity contribution in [1.82, 2.24) is 0 Å². The number of nitrogens with two attached hydrogens (primary N) is 1. The largest absolute Gasteiger partial charge is 0.399 e. The van der Waals surface area contributed by atoms with Gasteiger partial charge >= 0.3 is 0 Å². The monoisotopic (exact) mass is 97.1 g/mol. The lowest BCUT2D eigenvalue weighted by Gasteiger charge is -1.83. The summed E-state index contributed by atoms with van der Waals surface area (Å²) in [6.07, 6.45) is 0. The summed E-state index contributed by atoms with van der Waals surface area (Å²) in [6.45, 7) is 0. The normalized spacial score (nSPS) is 8.57. The SMILES string of the molecule is Nc1ccccc1.[HH].[HH]. The Hall–Kier alpha value is -0.980. The van der Waals surface area contributed by atoms with Gasteiger partial charge in [-0.05, 0) is 12.1 Å². The molecule has 1 nitrogen and oxygen atoms in total. The maximum atomic E-state index is 5.36. The van der Waals surface area contributed by atoms with E-state index in [9.17, 15) is 0 Å². The van der Waals surface area contributed by atoms with Gasteiger partial charge in [0.15, 0.2) is 0 Å². The van der Waals surface area contributed by atoms with Gasteiger partial charge in [-0.15, -0.1) is 0 Å². The minimum atomic E-state index is 0. The molecular formula is C6H11N. The molecule has 0 aromatic heterocycles. The molecule has 1 rings (SSSR count). The van der Waals surface area contributed by atoms with Gasteiger partial charge in [0.2, 0.25) is 0 Å². The second kappa shape index (κ2) is 1.65. The van der Waals surface area contributed by atoms with Crippen LogP contribution in [0.25, 0.3) is 0 Å². The molecule has 0 aliphatic rings. The Morgan fingerprint density at radius 1 is 1.14 bits per heavy atom. The van der Waals surface area contributed by atoms with E-state index in [1.807, 2.05) is 30.3 Å². The lowest BCUT2D eigenvalue weighted by atomic mass is 10.3. The molecule has 1 heteroatoms. The van der Waals surface area contributed by atoms with Crippen molar-refractivity contribution in [3.8, 4) is 0 Å². The lowest BCUT2D eigenvalue weighted by Crippen LogP contribution is -1.79. The fourth-order valence-electron chi connectivity index (χ4n) is 0.453. The van der Waals surface area contributed by atoms with Crippen molar-refractivity contribution in [3.63, 3.8) is 0 Å². The number of benzene rings is 1. The van der Waals surface area contributed by atoms with Crippen LogP contribution in [0.2, 0.25) is 0 Å². The molecule has 1 aromatic rings. The Kier molecular flexibility index (Phi) is 0.984. The first-order chi connectivity index (χ1) is 3.39. The van der Waals surface area contributed by atoms with Crippen LogP contribution in [0.1, 0.15) is 2.85 Å². The number of hydrogen-bond donors (Lipinski definition) is 1. The molecule has 1 aromatic carbocycles. The number of anilines is 1. The average Bonchev–Trinajstić information content (AvgIpc) is 1.69. The van der Waals surface area contributed by atoms with E-state index in [-0.39, 0.29) is 2.85 Å². The van der Waals surface area contributed by atoms with E-state index in [1.54, 1.807) is 0 Å². The second-order valence-corrected chi connectivity index (χ2v) is 1.41. The number of rotatable bonds is 0. The van der Waals surface area contributed by atoms with Crippen LogP contribution in [0, 0.1) is 0 Å². The molecule has 7 heavy (non-hydrogen) atoms. The zero-order chi connectivity index (χ0) is 5.11. The maximum Gasteiger partial charge on any atom is 0.0313 e. The fourth-order valence-corrected chi connectivity index (χ4v) is 0.453. The standard InChI is InChI=1S/C6H7N.2H2/c7-6-4-2-1-3-5-6;;/h1-5H,7H2;2*1H. The maximum absolute atomic E-state index is 5.36. The van der Waals surface area contributed by atoms with Crippen LogP contribution in [-0.2, 0) is 0 Å². The van der Waals surface area contributed by atoms with Crippen LogP contribution in [0.5, 0.6) is 0 Å². The first kappa shape index (κ1) is 4.19. The van der Waals surface area contributed by atoms with Gasteiger partial charge in [-0.3, -0.25) is 0 Å². The highest BCUT2D eigenvalue weighted by molar-refractivity contribution is 5.35. The third kappa shape index (κ3) is 0.929. The predicted octanol–water partition coefficient (Wildman–Crippen LogP) is 1.76. The summed E-state index contributed by atoms with van der Waals surface area (Å²) in [6, 6.07) is 9.49. The van der Waals surface area contributed by atoms with Crippen molar-refractivity contribution < 1.29 is 2.85 Å². The Morgan fingerprint density at radius 3 is 2.00 bits per heavy atom. The van der Waals surface area contributed by atoms with Gasteiger partial charge in [-0.1, -0.05) is 18.2 Å². The Labute approximate surface area is 45.7 Å². The second-order valence-electron chi connectivity index (χ2n) is 1.41. The summed E-state index contributed by atoms with van der Waals surface area (Å²) in [7, 11) is 0. The smallest absolute Gasteiger partial charge is 0.0313 e. The first-order valence-corrected chi connectivity index (χ1v) is 2.20. The molecule has 0 saturated heterocycles. The van der Waals surface area contributed by atoms with E-state index < -0.39 is 0 Å². The van der Waals surface area contributed by atoms with Gasteiger partial charge in [-0.25, -0.2) is 0 Å². The lowest BCUT2D eigenvalue weighted by molar-refractivity contribution is 1.69. The van der Waals surface area contributed by atoms with Gasteiger partial charge in [0.1, 0.15) is 0 Å². The number of para-hydroxylation sites is 1. The van der Waals surface area contributed by atoms with Gasteiger partial charge in [0.05, 0.1) is 0 Å². The molecule has 2 N–H and O–H groups in total. The third-order valence-electron chi connectivity index (χ3n) is 0.800. The van der Waals surface area contributed by atoms with Crippen LogP contribution in [0.4, 0.5) is 5.69 Å². The van der Waals surface area contributed by atoms with Crippen LogP contribution < -0.4 is 5.73 Å². The van der Waals surface area contributed by atoms with E-state index >= 15 is 0 Å². The summed E-state index contributed by atoms with van der Waals surface area (Å²) in [4.78, 5) is 0. The van der Waals surface area contributed by atoms with E-state index in [0.29, 0.717) is 0 Å². The van der Waals surface area contributed by atoms with E-state index in [4.69, 9.17) is 5.73 Å². The van der Waals surface area contributed by atoms with Crippen molar-refractivity contribution in [2.45, 2.75) is 0 Å². The summed E-state index contributed by atoms with van der Waals surface area (Å²) in [5.74, 6) is 0. The van der Waals surface area contributed by atoms with Gasteiger partial charge in [-0.2, -0.15) is 0 Å². The van der Waals surface area contributed by atoms with Gasteiger partial charge in [0.25, 0.3) is 0 Å². The molecule has 0 aliphatic heterocycles. The van der Waals surface area contributed by atoms with E-state index in [1.165, 1.54) is 0 Å². The van der Waals surface area contributed by atoms with Crippen LogP contribution >= 0.6 is 0 Å². The fraction of sp³-hybridized carbons (Fsp3) is 0. The Bertz CT molecular complexity index is 141. The van der Waals surface area contributed by atoms with Crippen molar-refractivity contribution in [3.05, 3.63) is 30.3 Å². The molecule has 0 saturated carbocycles. The molecule has 0 heterocycles. The van der Waals surface area contributed by atoms with E-state index in [0.717, 1.165) is 5.69 Å². The third-order valence-corrected chi connectivity index (χ3v) is 0.800. The molecule has 0 fully saturated rings.